The molecule has 4 nitrogen and oxygen atoms in total. The predicted octanol–water partition coefficient (Wildman–Crippen LogP) is 3.50. The predicted molar refractivity (Wildman–Crippen MR) is 85.4 cm³/mol. The first-order valence-corrected chi connectivity index (χ1v) is 7.48. The van der Waals surface area contributed by atoms with Crippen LogP contribution in [0.4, 0.5) is 0 Å². The lowest BCUT2D eigenvalue weighted by Crippen LogP contribution is -2.29. The van der Waals surface area contributed by atoms with Gasteiger partial charge in [0.2, 0.25) is 0 Å². The number of hydrogen-bond acceptors (Lipinski definition) is 2. The van der Waals surface area contributed by atoms with Crippen molar-refractivity contribution in [3.63, 3.8) is 0 Å². The Morgan fingerprint density at radius 3 is 2.57 bits per heavy atom. The summed E-state index contributed by atoms with van der Waals surface area (Å²) in [5, 5.41) is 12.1. The molecular formula is C16H16BrN3O. The molecule has 0 aliphatic rings. The van der Waals surface area contributed by atoms with Crippen molar-refractivity contribution in [2.75, 3.05) is 6.54 Å². The average molecular weight is 346 g/mol. The number of aromatic nitrogens is 1. The normalized spacial score (nSPS) is 10.4. The van der Waals surface area contributed by atoms with Crippen molar-refractivity contribution in [3.05, 3.63) is 52.3 Å². The number of rotatable bonds is 4. The van der Waals surface area contributed by atoms with E-state index in [1.807, 2.05) is 38.1 Å². The van der Waals surface area contributed by atoms with Gasteiger partial charge in [-0.05, 0) is 36.2 Å². The number of nitrogens with zero attached hydrogens (tertiary/aromatic N) is 2. The van der Waals surface area contributed by atoms with E-state index in [1.165, 1.54) is 0 Å². The molecule has 21 heavy (non-hydrogen) atoms. The summed E-state index contributed by atoms with van der Waals surface area (Å²) in [5.41, 5.74) is 1.59. The number of carbonyl (C=O) groups excluding carboxylic acids is 1. The summed E-state index contributed by atoms with van der Waals surface area (Å²) in [6.45, 7) is 4.63. The van der Waals surface area contributed by atoms with Gasteiger partial charge in [0.25, 0.3) is 5.91 Å². The van der Waals surface area contributed by atoms with E-state index < -0.39 is 0 Å². The summed E-state index contributed by atoms with van der Waals surface area (Å²) in [7, 11) is 0. The topological polar surface area (TPSA) is 57.8 Å². The first-order valence-electron chi connectivity index (χ1n) is 6.68. The highest BCUT2D eigenvalue weighted by molar-refractivity contribution is 9.10. The van der Waals surface area contributed by atoms with Crippen molar-refractivity contribution in [1.29, 1.82) is 5.26 Å². The molecule has 2 rings (SSSR count). The first kappa shape index (κ1) is 15.3. The maximum atomic E-state index is 12.4. The van der Waals surface area contributed by atoms with Crippen molar-refractivity contribution in [2.45, 2.75) is 13.8 Å². The SMILES string of the molecule is CC(C)CNC(=O)c1c(C#N)ccn1-c1ccc(Br)cc1. The summed E-state index contributed by atoms with van der Waals surface area (Å²) < 4.78 is 2.70. The minimum absolute atomic E-state index is 0.229. The van der Waals surface area contributed by atoms with E-state index in [9.17, 15) is 10.1 Å². The Morgan fingerprint density at radius 1 is 1.33 bits per heavy atom. The number of halogens is 1. The van der Waals surface area contributed by atoms with E-state index in [4.69, 9.17) is 0 Å². The Bertz CT molecular complexity index is 681. The highest BCUT2D eigenvalue weighted by Crippen LogP contribution is 2.19. The van der Waals surface area contributed by atoms with Crippen LogP contribution in [0.5, 0.6) is 0 Å². The fourth-order valence-corrected chi connectivity index (χ4v) is 2.22. The molecule has 5 heteroatoms. The van der Waals surface area contributed by atoms with Crippen molar-refractivity contribution in [1.82, 2.24) is 9.88 Å². The monoisotopic (exact) mass is 345 g/mol. The van der Waals surface area contributed by atoms with Crippen molar-refractivity contribution >= 4 is 21.8 Å². The van der Waals surface area contributed by atoms with Crippen LogP contribution in [0.15, 0.2) is 41.0 Å². The van der Waals surface area contributed by atoms with Crippen LogP contribution in [0.1, 0.15) is 29.9 Å². The molecule has 1 N–H and O–H groups in total. The maximum Gasteiger partial charge on any atom is 0.269 e. The van der Waals surface area contributed by atoms with Crippen LogP contribution in [0.25, 0.3) is 5.69 Å². The zero-order chi connectivity index (χ0) is 15.4. The minimum Gasteiger partial charge on any atom is -0.350 e. The molecule has 0 aliphatic heterocycles. The Morgan fingerprint density at radius 2 is 2.00 bits per heavy atom. The van der Waals surface area contributed by atoms with Gasteiger partial charge < -0.3 is 9.88 Å². The molecule has 0 spiro atoms. The second-order valence-corrected chi connectivity index (χ2v) is 6.06. The summed E-state index contributed by atoms with van der Waals surface area (Å²) in [4.78, 5) is 12.4. The zero-order valence-electron chi connectivity index (χ0n) is 11.9. The third-order valence-corrected chi connectivity index (χ3v) is 3.53. The quantitative estimate of drug-likeness (QED) is 0.921. The number of hydrogen-bond donors (Lipinski definition) is 1. The Hall–Kier alpha value is -2.06. The average Bonchev–Trinajstić information content (AvgIpc) is 2.89. The lowest BCUT2D eigenvalue weighted by atomic mass is 10.2. The largest absolute Gasteiger partial charge is 0.350 e. The third-order valence-electron chi connectivity index (χ3n) is 3.00. The fraction of sp³-hybridized carbons (Fsp3) is 0.250. The molecule has 1 aromatic carbocycles. The van der Waals surface area contributed by atoms with Crippen molar-refractivity contribution in [3.8, 4) is 11.8 Å². The number of nitriles is 1. The molecule has 0 atom stereocenters. The molecular weight excluding hydrogens is 330 g/mol. The second kappa shape index (κ2) is 6.59. The smallest absolute Gasteiger partial charge is 0.269 e. The Kier molecular flexibility index (Phi) is 4.81. The number of carbonyl (C=O) groups is 1. The van der Waals surface area contributed by atoms with Gasteiger partial charge in [0, 0.05) is 22.9 Å². The molecule has 0 saturated heterocycles. The fourth-order valence-electron chi connectivity index (χ4n) is 1.95. The van der Waals surface area contributed by atoms with Gasteiger partial charge >= 0.3 is 0 Å². The van der Waals surface area contributed by atoms with Gasteiger partial charge in [0.05, 0.1) is 5.56 Å². The van der Waals surface area contributed by atoms with E-state index in [0.717, 1.165) is 10.2 Å². The standard InChI is InChI=1S/C16H16BrN3O/c1-11(2)10-19-16(21)15-12(9-18)7-8-20(15)14-5-3-13(17)4-6-14/h3-8,11H,10H2,1-2H3,(H,19,21). The molecule has 1 heterocycles. The van der Waals surface area contributed by atoms with Crippen molar-refractivity contribution in [2.24, 2.45) is 5.92 Å². The van der Waals surface area contributed by atoms with Crippen LogP contribution < -0.4 is 5.32 Å². The second-order valence-electron chi connectivity index (χ2n) is 5.14. The number of amides is 1. The third kappa shape index (κ3) is 3.53. The van der Waals surface area contributed by atoms with Gasteiger partial charge in [-0.15, -0.1) is 0 Å². The van der Waals surface area contributed by atoms with Gasteiger partial charge in [-0.25, -0.2) is 0 Å². The van der Waals surface area contributed by atoms with Crippen LogP contribution in [0.3, 0.4) is 0 Å². The van der Waals surface area contributed by atoms with Crippen LogP contribution >= 0.6 is 15.9 Å². The lowest BCUT2D eigenvalue weighted by Gasteiger charge is -2.11. The first-order chi connectivity index (χ1) is 10.0. The van der Waals surface area contributed by atoms with Crippen LogP contribution in [-0.2, 0) is 0 Å². The molecule has 0 bridgehead atoms. The molecule has 1 amide bonds. The molecule has 108 valence electrons. The van der Waals surface area contributed by atoms with Gasteiger partial charge in [0.15, 0.2) is 0 Å². The van der Waals surface area contributed by atoms with E-state index in [1.54, 1.807) is 16.8 Å². The van der Waals surface area contributed by atoms with E-state index >= 15 is 0 Å². The zero-order valence-corrected chi connectivity index (χ0v) is 13.5. The molecule has 0 saturated carbocycles. The summed E-state index contributed by atoms with van der Waals surface area (Å²) in [5.74, 6) is 0.128. The number of nitrogens with one attached hydrogen (secondary N) is 1. The van der Waals surface area contributed by atoms with Crippen molar-refractivity contribution < 1.29 is 4.79 Å². The molecule has 0 unspecified atom stereocenters. The highest BCUT2D eigenvalue weighted by atomic mass is 79.9. The summed E-state index contributed by atoms with van der Waals surface area (Å²) >= 11 is 3.38. The van der Waals surface area contributed by atoms with E-state index in [-0.39, 0.29) is 5.91 Å². The molecule has 0 aliphatic carbocycles. The maximum absolute atomic E-state index is 12.4. The minimum atomic E-state index is -0.229. The van der Waals surface area contributed by atoms with Crippen LogP contribution in [0.2, 0.25) is 0 Å². The lowest BCUT2D eigenvalue weighted by molar-refractivity contribution is 0.0942. The Labute approximate surface area is 132 Å². The summed E-state index contributed by atoms with van der Waals surface area (Å²) in [6, 6.07) is 11.3. The summed E-state index contributed by atoms with van der Waals surface area (Å²) in [6.07, 6.45) is 1.74. The van der Waals surface area contributed by atoms with E-state index in [2.05, 4.69) is 27.3 Å². The van der Waals surface area contributed by atoms with Crippen LogP contribution in [0, 0.1) is 17.2 Å². The van der Waals surface area contributed by atoms with Crippen LogP contribution in [-0.4, -0.2) is 17.0 Å². The molecule has 0 fully saturated rings. The molecule has 2 aromatic rings. The van der Waals surface area contributed by atoms with E-state index in [0.29, 0.717) is 23.7 Å². The number of benzene rings is 1. The van der Waals surface area contributed by atoms with Gasteiger partial charge in [-0.3, -0.25) is 4.79 Å². The van der Waals surface area contributed by atoms with Gasteiger partial charge in [0.1, 0.15) is 11.8 Å². The molecule has 0 radical (unpaired) electrons. The van der Waals surface area contributed by atoms with Gasteiger partial charge in [-0.1, -0.05) is 29.8 Å². The van der Waals surface area contributed by atoms with Gasteiger partial charge in [-0.2, -0.15) is 5.26 Å². The molecule has 1 aromatic heterocycles. The highest BCUT2D eigenvalue weighted by Gasteiger charge is 2.18. The Balaban J connectivity index is 2.39.